The van der Waals surface area contributed by atoms with E-state index in [-0.39, 0.29) is 5.54 Å². The summed E-state index contributed by atoms with van der Waals surface area (Å²) in [6.45, 7) is 3.07. The second kappa shape index (κ2) is 7.73. The summed E-state index contributed by atoms with van der Waals surface area (Å²) in [7, 11) is 4.07. The molecule has 0 saturated heterocycles. The van der Waals surface area contributed by atoms with Crippen LogP contribution in [0.5, 0.6) is 0 Å². The predicted molar refractivity (Wildman–Crippen MR) is 81.3 cm³/mol. The fraction of sp³-hybridized carbons (Fsp3) is 1.00. The van der Waals surface area contributed by atoms with Crippen molar-refractivity contribution in [3.63, 3.8) is 0 Å². The lowest BCUT2D eigenvalue weighted by Crippen LogP contribution is -2.58. The first-order chi connectivity index (χ1) is 8.59. The van der Waals surface area contributed by atoms with Crippen LogP contribution < -0.4 is 5.73 Å². The minimum atomic E-state index is 0.150. The molecule has 1 aliphatic rings. The summed E-state index contributed by atoms with van der Waals surface area (Å²) in [5.74, 6) is 1.22. The van der Waals surface area contributed by atoms with E-state index in [1.165, 1.54) is 31.4 Å². The molecule has 108 valence electrons. The third-order valence-electron chi connectivity index (χ3n) is 4.64. The summed E-state index contributed by atoms with van der Waals surface area (Å²) in [6, 6.07) is 0.594. The van der Waals surface area contributed by atoms with E-state index in [1.807, 2.05) is 18.9 Å². The number of thioether (sulfide) groups is 1. The predicted octanol–water partition coefficient (Wildman–Crippen LogP) is 2.35. The monoisotopic (exact) mass is 274 g/mol. The molecule has 1 aliphatic carbocycles. The first kappa shape index (κ1) is 16.3. The fourth-order valence-electron chi connectivity index (χ4n) is 3.09. The van der Waals surface area contributed by atoms with Gasteiger partial charge in [0.25, 0.3) is 0 Å². The normalized spacial score (nSPS) is 30.7. The summed E-state index contributed by atoms with van der Waals surface area (Å²) in [5, 5.41) is 0. The number of methoxy groups -OCH3 is 1. The highest BCUT2D eigenvalue weighted by Crippen LogP contribution is 2.35. The topological polar surface area (TPSA) is 38.5 Å². The summed E-state index contributed by atoms with van der Waals surface area (Å²) in [6.07, 6.45) is 8.51. The third kappa shape index (κ3) is 3.86. The minimum Gasteiger partial charge on any atom is -0.381 e. The maximum Gasteiger partial charge on any atom is 0.0589 e. The number of nitrogens with two attached hydrogens (primary N) is 1. The Morgan fingerprint density at radius 2 is 2.28 bits per heavy atom. The average Bonchev–Trinajstić information content (AvgIpc) is 2.43. The van der Waals surface area contributed by atoms with Gasteiger partial charge in [0.2, 0.25) is 0 Å². The Hall–Kier alpha value is 0.230. The van der Waals surface area contributed by atoms with E-state index in [0.29, 0.717) is 12.1 Å². The molecule has 0 aromatic heterocycles. The van der Waals surface area contributed by atoms with Gasteiger partial charge >= 0.3 is 0 Å². The summed E-state index contributed by atoms with van der Waals surface area (Å²) in [4.78, 5) is 2.52. The molecule has 0 aromatic carbocycles. The molecule has 0 amide bonds. The largest absolute Gasteiger partial charge is 0.381 e. The van der Waals surface area contributed by atoms with Crippen LogP contribution in [0.3, 0.4) is 0 Å². The maximum atomic E-state index is 6.12. The van der Waals surface area contributed by atoms with Crippen LogP contribution in [-0.2, 0) is 4.74 Å². The smallest absolute Gasteiger partial charge is 0.0589 e. The van der Waals surface area contributed by atoms with Gasteiger partial charge in [0.1, 0.15) is 0 Å². The van der Waals surface area contributed by atoms with Gasteiger partial charge in [-0.3, -0.25) is 4.90 Å². The Morgan fingerprint density at radius 1 is 1.56 bits per heavy atom. The number of likely N-dealkylation sites (N-methyl/N-ethyl adjacent to an activating group) is 1. The van der Waals surface area contributed by atoms with E-state index in [0.717, 1.165) is 13.0 Å². The van der Waals surface area contributed by atoms with Crippen molar-refractivity contribution in [2.24, 2.45) is 5.73 Å². The van der Waals surface area contributed by atoms with Crippen LogP contribution in [-0.4, -0.2) is 55.3 Å². The Morgan fingerprint density at radius 3 is 2.83 bits per heavy atom. The van der Waals surface area contributed by atoms with Gasteiger partial charge in [0, 0.05) is 25.2 Å². The van der Waals surface area contributed by atoms with Crippen molar-refractivity contribution in [3.8, 4) is 0 Å². The van der Waals surface area contributed by atoms with Gasteiger partial charge < -0.3 is 10.5 Å². The van der Waals surface area contributed by atoms with Gasteiger partial charge in [-0.05, 0) is 58.1 Å². The van der Waals surface area contributed by atoms with Crippen molar-refractivity contribution < 1.29 is 4.74 Å². The van der Waals surface area contributed by atoms with Crippen LogP contribution in [0, 0.1) is 0 Å². The van der Waals surface area contributed by atoms with E-state index in [9.17, 15) is 0 Å². The van der Waals surface area contributed by atoms with Crippen LogP contribution in [0.15, 0.2) is 0 Å². The number of nitrogens with zero attached hydrogens (tertiary/aromatic N) is 1. The van der Waals surface area contributed by atoms with Crippen LogP contribution in [0.4, 0.5) is 0 Å². The lowest BCUT2D eigenvalue weighted by molar-refractivity contribution is -0.0255. The zero-order chi connectivity index (χ0) is 13.6. The van der Waals surface area contributed by atoms with Crippen LogP contribution in [0.25, 0.3) is 0 Å². The van der Waals surface area contributed by atoms with Gasteiger partial charge in [-0.25, -0.2) is 0 Å². The van der Waals surface area contributed by atoms with Crippen LogP contribution in [0.2, 0.25) is 0 Å². The highest BCUT2D eigenvalue weighted by Gasteiger charge is 2.40. The second-order valence-corrected chi connectivity index (χ2v) is 6.61. The minimum absolute atomic E-state index is 0.150. The molecule has 0 aliphatic heterocycles. The zero-order valence-electron chi connectivity index (χ0n) is 12.4. The van der Waals surface area contributed by atoms with Crippen LogP contribution >= 0.6 is 11.8 Å². The number of ether oxygens (including phenoxy) is 1. The Labute approximate surface area is 117 Å². The molecule has 1 rings (SSSR count). The van der Waals surface area contributed by atoms with Crippen molar-refractivity contribution in [3.05, 3.63) is 0 Å². The van der Waals surface area contributed by atoms with Gasteiger partial charge in [0.15, 0.2) is 0 Å². The SMILES string of the molecule is COC1CCCC(CN)(N(C)C(C)CCSC)C1. The summed E-state index contributed by atoms with van der Waals surface area (Å²) < 4.78 is 5.57. The van der Waals surface area contributed by atoms with E-state index in [4.69, 9.17) is 10.5 Å². The molecule has 0 aromatic rings. The van der Waals surface area contributed by atoms with Crippen molar-refractivity contribution >= 4 is 11.8 Å². The molecule has 0 bridgehead atoms. The molecule has 0 radical (unpaired) electrons. The molecule has 3 atom stereocenters. The second-order valence-electron chi connectivity index (χ2n) is 5.62. The maximum absolute atomic E-state index is 6.12. The van der Waals surface area contributed by atoms with Crippen molar-refractivity contribution in [1.29, 1.82) is 0 Å². The summed E-state index contributed by atoms with van der Waals surface area (Å²) >= 11 is 1.92. The molecule has 18 heavy (non-hydrogen) atoms. The summed E-state index contributed by atoms with van der Waals surface area (Å²) in [5.41, 5.74) is 6.27. The molecule has 0 spiro atoms. The van der Waals surface area contributed by atoms with Crippen molar-refractivity contribution in [1.82, 2.24) is 4.90 Å². The van der Waals surface area contributed by atoms with Gasteiger partial charge in [-0.15, -0.1) is 0 Å². The lowest BCUT2D eigenvalue weighted by Gasteiger charge is -2.48. The van der Waals surface area contributed by atoms with Gasteiger partial charge in [-0.1, -0.05) is 0 Å². The van der Waals surface area contributed by atoms with E-state index in [2.05, 4.69) is 25.1 Å². The van der Waals surface area contributed by atoms with E-state index < -0.39 is 0 Å². The first-order valence-electron chi connectivity index (χ1n) is 7.04. The molecular weight excluding hydrogens is 244 g/mol. The number of hydrogen-bond donors (Lipinski definition) is 1. The molecule has 1 saturated carbocycles. The van der Waals surface area contributed by atoms with E-state index >= 15 is 0 Å². The van der Waals surface area contributed by atoms with Gasteiger partial charge in [0.05, 0.1) is 6.10 Å². The van der Waals surface area contributed by atoms with E-state index in [1.54, 1.807) is 0 Å². The molecule has 0 heterocycles. The third-order valence-corrected chi connectivity index (χ3v) is 5.28. The molecule has 1 fully saturated rings. The highest BCUT2D eigenvalue weighted by atomic mass is 32.2. The quantitative estimate of drug-likeness (QED) is 0.773. The molecule has 3 nitrogen and oxygen atoms in total. The Bertz CT molecular complexity index is 240. The number of hydrogen-bond acceptors (Lipinski definition) is 4. The standard InChI is InChI=1S/C14H30N2OS/c1-12(7-9-18-4)16(2)14(11-15)8-5-6-13(10-14)17-3/h12-13H,5-11,15H2,1-4H3. The molecule has 3 unspecified atom stereocenters. The zero-order valence-corrected chi connectivity index (χ0v) is 13.3. The first-order valence-corrected chi connectivity index (χ1v) is 8.43. The highest BCUT2D eigenvalue weighted by molar-refractivity contribution is 7.98. The Kier molecular flexibility index (Phi) is 6.99. The Balaban J connectivity index is 2.67. The average molecular weight is 274 g/mol. The van der Waals surface area contributed by atoms with Crippen molar-refractivity contribution in [2.45, 2.75) is 56.7 Å². The van der Waals surface area contributed by atoms with Crippen molar-refractivity contribution in [2.75, 3.05) is 32.7 Å². The number of rotatable bonds is 7. The lowest BCUT2D eigenvalue weighted by atomic mass is 9.78. The fourth-order valence-corrected chi connectivity index (χ4v) is 3.66. The van der Waals surface area contributed by atoms with Gasteiger partial charge in [-0.2, -0.15) is 11.8 Å². The molecule has 2 N–H and O–H groups in total. The van der Waals surface area contributed by atoms with Crippen LogP contribution in [0.1, 0.15) is 39.0 Å². The molecular formula is C14H30N2OS. The molecule has 4 heteroatoms.